The Labute approximate surface area is 141 Å². The molecular weight excluding hydrogens is 310 g/mol. The van der Waals surface area contributed by atoms with Gasteiger partial charge in [0.25, 0.3) is 0 Å². The molecule has 0 bridgehead atoms. The van der Waals surface area contributed by atoms with E-state index in [0.29, 0.717) is 12.6 Å². The maximum atomic E-state index is 11.8. The van der Waals surface area contributed by atoms with Crippen molar-refractivity contribution in [2.45, 2.75) is 75.9 Å². The number of likely N-dealkylation sites (tertiary alicyclic amines) is 1. The highest BCUT2D eigenvalue weighted by Crippen LogP contribution is 2.25. The largest absolute Gasteiger partial charge is 0.312 e. The molecule has 23 heavy (non-hydrogen) atoms. The van der Waals surface area contributed by atoms with Gasteiger partial charge in [0.15, 0.2) is 0 Å². The van der Waals surface area contributed by atoms with Gasteiger partial charge in [-0.15, -0.1) is 0 Å². The minimum Gasteiger partial charge on any atom is -0.312 e. The summed E-state index contributed by atoms with van der Waals surface area (Å²) >= 11 is 0. The van der Waals surface area contributed by atoms with Crippen LogP contribution in [-0.2, 0) is 10.0 Å². The predicted octanol–water partition coefficient (Wildman–Crippen LogP) is 1.80. The second-order valence-electron chi connectivity index (χ2n) is 7.68. The molecular formula is C17H33N3O2S. The van der Waals surface area contributed by atoms with E-state index in [4.69, 9.17) is 0 Å². The Morgan fingerprint density at radius 2 is 1.61 bits per heavy atom. The molecule has 0 amide bonds. The monoisotopic (exact) mass is 343 g/mol. The van der Waals surface area contributed by atoms with Crippen LogP contribution in [0, 0.1) is 0 Å². The fraction of sp³-hybridized carbons (Fsp3) is 1.00. The lowest BCUT2D eigenvalue weighted by Crippen LogP contribution is -2.49. The van der Waals surface area contributed by atoms with Gasteiger partial charge in [0, 0.05) is 31.2 Å². The molecule has 1 saturated carbocycles. The van der Waals surface area contributed by atoms with Gasteiger partial charge in [-0.2, -0.15) is 4.31 Å². The number of rotatable bonds is 5. The Hall–Kier alpha value is -0.170. The average molecular weight is 344 g/mol. The van der Waals surface area contributed by atoms with Crippen LogP contribution in [0.5, 0.6) is 0 Å². The van der Waals surface area contributed by atoms with Gasteiger partial charge in [-0.25, -0.2) is 8.42 Å². The minimum absolute atomic E-state index is 0.168. The van der Waals surface area contributed by atoms with Crippen molar-refractivity contribution in [3.8, 4) is 0 Å². The maximum Gasteiger partial charge on any atom is 0.211 e. The van der Waals surface area contributed by atoms with Gasteiger partial charge in [0.2, 0.25) is 10.0 Å². The van der Waals surface area contributed by atoms with E-state index in [1.54, 1.807) is 4.31 Å². The van der Waals surface area contributed by atoms with E-state index in [-0.39, 0.29) is 6.04 Å². The van der Waals surface area contributed by atoms with Crippen molar-refractivity contribution in [3.63, 3.8) is 0 Å². The summed E-state index contributed by atoms with van der Waals surface area (Å²) in [6.07, 6.45) is 12.8. The average Bonchev–Trinajstić information content (AvgIpc) is 3.03. The number of piperidine rings is 1. The van der Waals surface area contributed by atoms with E-state index in [2.05, 4.69) is 10.2 Å². The van der Waals surface area contributed by atoms with E-state index in [0.717, 1.165) is 25.4 Å². The fourth-order valence-corrected chi connectivity index (χ4v) is 5.85. The molecule has 1 N–H and O–H groups in total. The van der Waals surface area contributed by atoms with Crippen LogP contribution in [0.2, 0.25) is 0 Å². The molecule has 134 valence electrons. The van der Waals surface area contributed by atoms with Crippen LogP contribution in [0.15, 0.2) is 0 Å². The number of nitrogens with zero attached hydrogens (tertiary/aromatic N) is 2. The standard InChI is InChI=1S/C17H33N3O2S/c1-23(21,22)20-11-5-8-17(20)14-18-15-9-12-19(13-10-15)16-6-3-2-4-7-16/h15-18H,2-14H2,1H3/t17-/m1/s1. The third-order valence-electron chi connectivity index (χ3n) is 6.01. The normalized spacial score (nSPS) is 30.0. The smallest absolute Gasteiger partial charge is 0.211 e. The highest BCUT2D eigenvalue weighted by atomic mass is 32.2. The third kappa shape index (κ3) is 4.68. The predicted molar refractivity (Wildman–Crippen MR) is 94.0 cm³/mol. The Morgan fingerprint density at radius 3 is 2.26 bits per heavy atom. The summed E-state index contributed by atoms with van der Waals surface area (Å²) in [6, 6.07) is 1.57. The van der Waals surface area contributed by atoms with Crippen molar-refractivity contribution >= 4 is 10.0 Å². The zero-order valence-electron chi connectivity index (χ0n) is 14.5. The van der Waals surface area contributed by atoms with Gasteiger partial charge in [0.1, 0.15) is 0 Å². The van der Waals surface area contributed by atoms with Crippen LogP contribution in [0.25, 0.3) is 0 Å². The molecule has 0 aromatic carbocycles. The molecule has 5 nitrogen and oxygen atoms in total. The summed E-state index contributed by atoms with van der Waals surface area (Å²) < 4.78 is 25.3. The van der Waals surface area contributed by atoms with Gasteiger partial charge in [-0.1, -0.05) is 19.3 Å². The van der Waals surface area contributed by atoms with Gasteiger partial charge < -0.3 is 10.2 Å². The highest BCUT2D eigenvalue weighted by molar-refractivity contribution is 7.88. The molecule has 0 aromatic rings. The Kier molecular flexibility index (Phi) is 5.99. The molecule has 0 aromatic heterocycles. The quantitative estimate of drug-likeness (QED) is 0.827. The SMILES string of the molecule is CS(=O)(=O)N1CCC[C@@H]1CNC1CCN(C2CCCCC2)CC1. The first-order valence-electron chi connectivity index (χ1n) is 9.48. The van der Waals surface area contributed by atoms with Crippen molar-refractivity contribution in [1.82, 2.24) is 14.5 Å². The maximum absolute atomic E-state index is 11.8. The molecule has 3 fully saturated rings. The molecule has 3 rings (SSSR count). The first-order valence-corrected chi connectivity index (χ1v) is 11.3. The van der Waals surface area contributed by atoms with Crippen LogP contribution < -0.4 is 5.32 Å². The first-order chi connectivity index (χ1) is 11.0. The van der Waals surface area contributed by atoms with E-state index >= 15 is 0 Å². The number of sulfonamides is 1. The molecule has 0 spiro atoms. The second-order valence-corrected chi connectivity index (χ2v) is 9.62. The van der Waals surface area contributed by atoms with Crippen molar-refractivity contribution in [1.29, 1.82) is 0 Å². The van der Waals surface area contributed by atoms with Crippen molar-refractivity contribution in [3.05, 3.63) is 0 Å². The summed E-state index contributed by atoms with van der Waals surface area (Å²) in [6.45, 7) is 3.94. The van der Waals surface area contributed by atoms with Crippen LogP contribution >= 0.6 is 0 Å². The van der Waals surface area contributed by atoms with E-state index in [1.807, 2.05) is 0 Å². The molecule has 1 atom stereocenters. The van der Waals surface area contributed by atoms with E-state index in [1.165, 1.54) is 64.3 Å². The molecule has 2 heterocycles. The van der Waals surface area contributed by atoms with Crippen molar-refractivity contribution in [2.24, 2.45) is 0 Å². The van der Waals surface area contributed by atoms with Gasteiger partial charge in [0.05, 0.1) is 6.26 Å². The first kappa shape index (κ1) is 17.6. The lowest BCUT2D eigenvalue weighted by molar-refractivity contribution is 0.114. The summed E-state index contributed by atoms with van der Waals surface area (Å²) in [4.78, 5) is 2.70. The Bertz CT molecular complexity index is 468. The zero-order chi connectivity index (χ0) is 16.3. The summed E-state index contributed by atoms with van der Waals surface area (Å²) in [5.74, 6) is 0. The molecule has 3 aliphatic rings. The number of nitrogens with one attached hydrogen (secondary N) is 1. The van der Waals surface area contributed by atoms with Gasteiger partial charge >= 0.3 is 0 Å². The zero-order valence-corrected chi connectivity index (χ0v) is 15.4. The van der Waals surface area contributed by atoms with Crippen LogP contribution in [-0.4, -0.2) is 68.2 Å². The summed E-state index contributed by atoms with van der Waals surface area (Å²) in [7, 11) is -3.04. The summed E-state index contributed by atoms with van der Waals surface area (Å²) in [5.41, 5.74) is 0. The lowest BCUT2D eigenvalue weighted by atomic mass is 9.92. The van der Waals surface area contributed by atoms with Gasteiger partial charge in [-0.05, 0) is 51.6 Å². The van der Waals surface area contributed by atoms with E-state index < -0.39 is 10.0 Å². The van der Waals surface area contributed by atoms with Crippen LogP contribution in [0.4, 0.5) is 0 Å². The number of hydrogen-bond donors (Lipinski definition) is 1. The highest BCUT2D eigenvalue weighted by Gasteiger charge is 2.32. The molecule has 2 aliphatic heterocycles. The third-order valence-corrected chi connectivity index (χ3v) is 7.34. The molecule has 1 aliphatic carbocycles. The Morgan fingerprint density at radius 1 is 0.913 bits per heavy atom. The lowest BCUT2D eigenvalue weighted by Gasteiger charge is -2.40. The van der Waals surface area contributed by atoms with Crippen molar-refractivity contribution < 1.29 is 8.42 Å². The fourth-order valence-electron chi connectivity index (χ4n) is 4.67. The van der Waals surface area contributed by atoms with Gasteiger partial charge in [-0.3, -0.25) is 0 Å². The van der Waals surface area contributed by atoms with Crippen LogP contribution in [0.1, 0.15) is 57.8 Å². The van der Waals surface area contributed by atoms with Crippen molar-refractivity contribution in [2.75, 3.05) is 32.4 Å². The molecule has 6 heteroatoms. The Balaban J connectivity index is 1.40. The van der Waals surface area contributed by atoms with Crippen LogP contribution in [0.3, 0.4) is 0 Å². The molecule has 2 saturated heterocycles. The topological polar surface area (TPSA) is 52.7 Å². The molecule has 0 unspecified atom stereocenters. The second kappa shape index (κ2) is 7.81. The number of hydrogen-bond acceptors (Lipinski definition) is 4. The summed E-state index contributed by atoms with van der Waals surface area (Å²) in [5, 5.41) is 3.66. The van der Waals surface area contributed by atoms with E-state index in [9.17, 15) is 8.42 Å². The molecule has 0 radical (unpaired) electrons. The minimum atomic E-state index is -3.04.